The highest BCUT2D eigenvalue weighted by atomic mass is 79.9. The van der Waals surface area contributed by atoms with E-state index in [0.717, 1.165) is 28.1 Å². The lowest BCUT2D eigenvalue weighted by Crippen LogP contribution is -2.30. The Balaban J connectivity index is 2.03. The third-order valence-corrected chi connectivity index (χ3v) is 7.08. The van der Waals surface area contributed by atoms with Crippen molar-refractivity contribution in [3.05, 3.63) is 28.7 Å². The third kappa shape index (κ3) is 3.69. The van der Waals surface area contributed by atoms with E-state index in [-0.39, 0.29) is 0 Å². The highest BCUT2D eigenvalue weighted by Gasteiger charge is 2.32. The van der Waals surface area contributed by atoms with Crippen LogP contribution < -0.4 is 0 Å². The molecule has 0 N–H and O–H groups in total. The number of hydrogen-bond donors (Lipinski definition) is 0. The summed E-state index contributed by atoms with van der Waals surface area (Å²) in [6.07, 6.45) is 4.61. The Bertz CT molecular complexity index is 456. The van der Waals surface area contributed by atoms with Gasteiger partial charge in [0.2, 0.25) is 0 Å². The van der Waals surface area contributed by atoms with Crippen LogP contribution in [0.2, 0.25) is 0 Å². The molecule has 1 aromatic carbocycles. The third-order valence-electron chi connectivity index (χ3n) is 4.26. The lowest BCUT2D eigenvalue weighted by Gasteiger charge is -2.36. The van der Waals surface area contributed by atoms with Crippen molar-refractivity contribution in [2.24, 2.45) is 11.3 Å². The van der Waals surface area contributed by atoms with Crippen LogP contribution in [0.3, 0.4) is 0 Å². The summed E-state index contributed by atoms with van der Waals surface area (Å²) < 4.78 is 13.6. The molecule has 0 heterocycles. The minimum Gasteiger partial charge on any atom is -0.254 e. The highest BCUT2D eigenvalue weighted by Crippen LogP contribution is 2.40. The van der Waals surface area contributed by atoms with E-state index < -0.39 is 10.8 Å². The molecule has 1 aromatic rings. The summed E-state index contributed by atoms with van der Waals surface area (Å²) in [5.41, 5.74) is 0.389. The van der Waals surface area contributed by atoms with Gasteiger partial charge in [0, 0.05) is 9.72 Å². The van der Waals surface area contributed by atoms with Gasteiger partial charge in [0.15, 0.2) is 0 Å². The molecule has 1 aliphatic carbocycles. The van der Waals surface area contributed by atoms with Gasteiger partial charge in [-0.05, 0) is 65.1 Å². The summed E-state index contributed by atoms with van der Waals surface area (Å²) in [6.45, 7) is 6.97. The van der Waals surface area contributed by atoms with Crippen LogP contribution in [0.5, 0.6) is 0 Å². The standard InChI is InChI=1S/C16H23BrOS/c1-16(2,3)12-8-10-13(11-9-12)19(18)15-7-5-4-6-14(15)17/h4-7,12-13H,8-11H2,1-3H3/t12?,13?,19-/m1/s1. The highest BCUT2D eigenvalue weighted by molar-refractivity contribution is 9.10. The normalized spacial score (nSPS) is 26.1. The maximum Gasteiger partial charge on any atom is 0.0572 e. The zero-order chi connectivity index (χ0) is 14.0. The summed E-state index contributed by atoms with van der Waals surface area (Å²) in [4.78, 5) is 0.960. The first kappa shape index (κ1) is 15.2. The Morgan fingerprint density at radius 2 is 1.68 bits per heavy atom. The summed E-state index contributed by atoms with van der Waals surface area (Å²) in [6, 6.07) is 7.91. The quantitative estimate of drug-likeness (QED) is 0.725. The molecule has 0 saturated heterocycles. The fourth-order valence-corrected chi connectivity index (χ4v) is 5.23. The van der Waals surface area contributed by atoms with Crippen LogP contribution in [-0.4, -0.2) is 9.46 Å². The van der Waals surface area contributed by atoms with Gasteiger partial charge in [-0.3, -0.25) is 4.21 Å². The van der Waals surface area contributed by atoms with E-state index in [4.69, 9.17) is 0 Å². The van der Waals surface area contributed by atoms with E-state index in [1.807, 2.05) is 24.3 Å². The molecule has 1 atom stereocenters. The largest absolute Gasteiger partial charge is 0.254 e. The van der Waals surface area contributed by atoms with E-state index in [0.29, 0.717) is 10.7 Å². The molecule has 2 rings (SSSR count). The SMILES string of the molecule is CC(C)(C)C1CCC([S@@](=O)c2ccccc2Br)CC1. The Morgan fingerprint density at radius 3 is 2.21 bits per heavy atom. The molecule has 0 aromatic heterocycles. The molecule has 3 heteroatoms. The average Bonchev–Trinajstić information content (AvgIpc) is 2.38. The molecule has 106 valence electrons. The van der Waals surface area contributed by atoms with E-state index in [9.17, 15) is 4.21 Å². The fraction of sp³-hybridized carbons (Fsp3) is 0.625. The van der Waals surface area contributed by atoms with Crippen LogP contribution in [0, 0.1) is 11.3 Å². The van der Waals surface area contributed by atoms with E-state index in [1.54, 1.807) is 0 Å². The molecule has 0 bridgehead atoms. The van der Waals surface area contributed by atoms with Gasteiger partial charge in [-0.25, -0.2) is 0 Å². The van der Waals surface area contributed by atoms with Crippen LogP contribution in [0.1, 0.15) is 46.5 Å². The summed E-state index contributed by atoms with van der Waals surface area (Å²) in [7, 11) is -0.870. The van der Waals surface area contributed by atoms with Gasteiger partial charge in [0.25, 0.3) is 0 Å². The first-order chi connectivity index (χ1) is 8.89. The number of benzene rings is 1. The number of rotatable bonds is 2. The van der Waals surface area contributed by atoms with Gasteiger partial charge in [-0.1, -0.05) is 32.9 Å². The molecule has 0 aliphatic heterocycles. The van der Waals surface area contributed by atoms with Gasteiger partial charge in [0.1, 0.15) is 0 Å². The van der Waals surface area contributed by atoms with Gasteiger partial charge in [-0.15, -0.1) is 0 Å². The maximum absolute atomic E-state index is 12.7. The first-order valence-corrected chi connectivity index (χ1v) is 9.05. The van der Waals surface area contributed by atoms with Crippen molar-refractivity contribution in [2.75, 3.05) is 0 Å². The topological polar surface area (TPSA) is 17.1 Å². The van der Waals surface area contributed by atoms with Crippen molar-refractivity contribution >= 4 is 26.7 Å². The van der Waals surface area contributed by atoms with Crippen LogP contribution in [-0.2, 0) is 10.8 Å². The second-order valence-corrected chi connectivity index (χ2v) is 9.12. The van der Waals surface area contributed by atoms with E-state index >= 15 is 0 Å². The number of hydrogen-bond acceptors (Lipinski definition) is 1. The van der Waals surface area contributed by atoms with E-state index in [1.165, 1.54) is 12.8 Å². The molecule has 1 fully saturated rings. The minimum atomic E-state index is -0.870. The smallest absolute Gasteiger partial charge is 0.0572 e. The lowest BCUT2D eigenvalue weighted by atomic mass is 9.72. The van der Waals surface area contributed by atoms with Crippen LogP contribution in [0.4, 0.5) is 0 Å². The maximum atomic E-state index is 12.7. The summed E-state index contributed by atoms with van der Waals surface area (Å²) in [5, 5.41) is 0.331. The Hall–Kier alpha value is -0.150. The summed E-state index contributed by atoms with van der Waals surface area (Å²) in [5.74, 6) is 0.778. The Labute approximate surface area is 127 Å². The second-order valence-electron chi connectivity index (χ2n) is 6.57. The van der Waals surface area contributed by atoms with Gasteiger partial charge >= 0.3 is 0 Å². The zero-order valence-electron chi connectivity index (χ0n) is 12.0. The van der Waals surface area contributed by atoms with Crippen LogP contribution in [0.15, 0.2) is 33.6 Å². The first-order valence-electron chi connectivity index (χ1n) is 7.04. The molecule has 1 nitrogen and oxygen atoms in total. The molecule has 1 saturated carbocycles. The van der Waals surface area contributed by atoms with Crippen molar-refractivity contribution < 1.29 is 4.21 Å². The zero-order valence-corrected chi connectivity index (χ0v) is 14.4. The fourth-order valence-electron chi connectivity index (χ4n) is 2.93. The minimum absolute atomic E-state index is 0.331. The van der Waals surface area contributed by atoms with Gasteiger partial charge < -0.3 is 0 Å². The van der Waals surface area contributed by atoms with E-state index in [2.05, 4.69) is 36.7 Å². The van der Waals surface area contributed by atoms with Crippen molar-refractivity contribution in [3.8, 4) is 0 Å². The van der Waals surface area contributed by atoms with Crippen LogP contribution >= 0.6 is 15.9 Å². The lowest BCUT2D eigenvalue weighted by molar-refractivity contribution is 0.181. The van der Waals surface area contributed by atoms with Crippen molar-refractivity contribution in [1.82, 2.24) is 0 Å². The predicted octanol–water partition coefficient (Wildman–Crippen LogP) is 5.16. The predicted molar refractivity (Wildman–Crippen MR) is 85.8 cm³/mol. The van der Waals surface area contributed by atoms with Crippen molar-refractivity contribution in [2.45, 2.75) is 56.6 Å². The summed E-state index contributed by atoms with van der Waals surface area (Å²) >= 11 is 3.51. The van der Waals surface area contributed by atoms with Crippen molar-refractivity contribution in [3.63, 3.8) is 0 Å². The molecular formula is C16H23BrOS. The molecule has 0 unspecified atom stereocenters. The molecule has 1 aliphatic rings. The Morgan fingerprint density at radius 1 is 1.11 bits per heavy atom. The number of halogens is 1. The average molecular weight is 343 g/mol. The van der Waals surface area contributed by atoms with Crippen molar-refractivity contribution in [1.29, 1.82) is 0 Å². The second kappa shape index (κ2) is 6.09. The molecular weight excluding hydrogens is 320 g/mol. The van der Waals surface area contributed by atoms with Gasteiger partial charge in [0.05, 0.1) is 15.7 Å². The molecule has 19 heavy (non-hydrogen) atoms. The van der Waals surface area contributed by atoms with Crippen LogP contribution in [0.25, 0.3) is 0 Å². The van der Waals surface area contributed by atoms with Gasteiger partial charge in [-0.2, -0.15) is 0 Å². The monoisotopic (exact) mass is 342 g/mol. The molecule has 0 radical (unpaired) electrons. The molecule has 0 amide bonds. The molecule has 0 spiro atoms. The Kier molecular flexibility index (Phi) is 4.88.